The number of hydrogen-bond donors (Lipinski definition) is 0. The van der Waals surface area contributed by atoms with Crippen LogP contribution in [0.15, 0.2) is 23.8 Å². The summed E-state index contributed by atoms with van der Waals surface area (Å²) in [6.45, 7) is 7.18. The fourth-order valence-electron chi connectivity index (χ4n) is 8.04. The molecule has 53 heavy (non-hydrogen) atoms. The summed E-state index contributed by atoms with van der Waals surface area (Å²) in [5.41, 5.74) is 0.575. The Kier molecular flexibility index (Phi) is 11.9. The highest BCUT2D eigenvalue weighted by Gasteiger charge is 2.58. The van der Waals surface area contributed by atoms with E-state index in [1.54, 1.807) is 0 Å². The zero-order valence-electron chi connectivity index (χ0n) is 30.7. The van der Waals surface area contributed by atoms with Crippen molar-refractivity contribution in [1.82, 2.24) is 0 Å². The summed E-state index contributed by atoms with van der Waals surface area (Å²) < 4.78 is 51.3. The zero-order chi connectivity index (χ0) is 38.9. The predicted octanol–water partition coefficient (Wildman–Crippen LogP) is 2.70. The van der Waals surface area contributed by atoms with Gasteiger partial charge in [-0.25, -0.2) is 0 Å². The van der Waals surface area contributed by atoms with E-state index in [1.807, 2.05) is 13.0 Å². The van der Waals surface area contributed by atoms with Gasteiger partial charge in [0.15, 0.2) is 23.8 Å². The van der Waals surface area contributed by atoms with Gasteiger partial charge in [-0.1, -0.05) is 18.6 Å². The Morgan fingerprint density at radius 3 is 1.87 bits per heavy atom. The number of Topliss-reactive ketones (excluding diaryl/α,β-unsaturated/α-hetero) is 2. The second kappa shape index (κ2) is 16.0. The molecule has 0 spiro atoms. The Balaban J connectivity index is 1.65. The fourth-order valence-corrected chi connectivity index (χ4v) is 8.04. The molecule has 11 atom stereocenters. The lowest BCUT2D eigenvalue weighted by Crippen LogP contribution is -2.63. The van der Waals surface area contributed by atoms with Crippen LogP contribution in [0.1, 0.15) is 75.1 Å². The molecule has 0 radical (unpaired) electrons. The molecule has 1 aromatic carbocycles. The molecule has 0 bridgehead atoms. The molecule has 0 aromatic heterocycles. The first-order valence-electron chi connectivity index (χ1n) is 17.2. The van der Waals surface area contributed by atoms with Crippen LogP contribution in [0, 0.1) is 23.7 Å². The van der Waals surface area contributed by atoms with Gasteiger partial charge in [0.1, 0.15) is 30.3 Å². The Morgan fingerprint density at radius 1 is 0.717 bits per heavy atom. The second-order valence-corrected chi connectivity index (χ2v) is 13.6. The Hall–Kier alpha value is -4.83. The van der Waals surface area contributed by atoms with E-state index in [-0.39, 0.29) is 28.5 Å². The Morgan fingerprint density at radius 2 is 1.28 bits per heavy atom. The molecular formula is C37H44O16. The van der Waals surface area contributed by atoms with Gasteiger partial charge in [-0.2, -0.15) is 0 Å². The number of ether oxygens (including phenoxy) is 9. The van der Waals surface area contributed by atoms with E-state index in [2.05, 4.69) is 0 Å². The van der Waals surface area contributed by atoms with Gasteiger partial charge in [-0.15, -0.1) is 0 Å². The fraction of sp³-hybridized carbons (Fsp3) is 0.595. The number of benzene rings is 1. The van der Waals surface area contributed by atoms with E-state index in [9.17, 15) is 28.8 Å². The first-order valence-corrected chi connectivity index (χ1v) is 17.2. The lowest BCUT2D eigenvalue weighted by Gasteiger charge is -2.48. The minimum absolute atomic E-state index is 0.0733. The number of carbonyl (C=O) groups excluding carboxylic acids is 7. The third-order valence-electron chi connectivity index (χ3n) is 9.78. The molecule has 1 heterocycles. The molecule has 16 heteroatoms. The van der Waals surface area contributed by atoms with Gasteiger partial charge >= 0.3 is 29.8 Å². The van der Waals surface area contributed by atoms with Crippen molar-refractivity contribution in [3.05, 3.63) is 34.9 Å². The highest BCUT2D eigenvalue weighted by molar-refractivity contribution is 6.19. The first kappa shape index (κ1) is 39.4. The molecule has 1 saturated carbocycles. The van der Waals surface area contributed by atoms with Crippen molar-refractivity contribution in [3.63, 3.8) is 0 Å². The molecule has 0 amide bonds. The van der Waals surface area contributed by atoms with Gasteiger partial charge in [-0.05, 0) is 30.9 Å². The third-order valence-corrected chi connectivity index (χ3v) is 9.78. The summed E-state index contributed by atoms with van der Waals surface area (Å²) in [4.78, 5) is 90.7. The predicted molar refractivity (Wildman–Crippen MR) is 178 cm³/mol. The van der Waals surface area contributed by atoms with Crippen molar-refractivity contribution in [2.45, 2.75) is 97.3 Å². The SMILES string of the molecule is COc1ccc(O[C@@H]2O[C@H](COC(C)=O)[C@@H](OC(C)=O)[C@H](OC(C)=O)[C@H]2OC(C)=O)c2c1C(=O)[C@@H]1[C@H](C2=O)[C@H]2C(=C[C@@H]1OC)C[C@H](C)C[C@@H]2OC(C)=O. The molecular weight excluding hydrogens is 700 g/mol. The van der Waals surface area contributed by atoms with Crippen molar-refractivity contribution >= 4 is 41.4 Å². The van der Waals surface area contributed by atoms with Crippen molar-refractivity contribution in [2.75, 3.05) is 20.8 Å². The topological polar surface area (TPSA) is 203 Å². The van der Waals surface area contributed by atoms with Gasteiger partial charge in [0.25, 0.3) is 0 Å². The van der Waals surface area contributed by atoms with Gasteiger partial charge in [-0.3, -0.25) is 33.6 Å². The minimum Gasteiger partial charge on any atom is -0.496 e. The number of ketones is 2. The van der Waals surface area contributed by atoms with Crippen LogP contribution in [0.4, 0.5) is 0 Å². The largest absolute Gasteiger partial charge is 0.496 e. The van der Waals surface area contributed by atoms with Crippen LogP contribution in [0.5, 0.6) is 11.5 Å². The van der Waals surface area contributed by atoms with E-state index < -0.39 is 109 Å². The summed E-state index contributed by atoms with van der Waals surface area (Å²) in [5, 5.41) is 0. The average molecular weight is 745 g/mol. The van der Waals surface area contributed by atoms with Gasteiger partial charge in [0, 0.05) is 53.6 Å². The summed E-state index contributed by atoms with van der Waals surface area (Å²) in [5.74, 6) is -7.44. The zero-order valence-corrected chi connectivity index (χ0v) is 30.7. The number of fused-ring (bicyclic) bond motifs is 4. The number of carbonyl (C=O) groups is 7. The molecule has 2 fully saturated rings. The van der Waals surface area contributed by atoms with E-state index in [4.69, 9.17) is 42.6 Å². The Bertz CT molecular complexity index is 1700. The molecule has 4 aliphatic rings. The lowest BCUT2D eigenvalue weighted by atomic mass is 9.57. The monoisotopic (exact) mass is 744 g/mol. The van der Waals surface area contributed by atoms with Crippen LogP contribution in [-0.4, -0.2) is 105 Å². The van der Waals surface area contributed by atoms with E-state index in [1.165, 1.54) is 33.3 Å². The normalized spacial score (nSPS) is 31.7. The molecule has 0 unspecified atom stereocenters. The highest BCUT2D eigenvalue weighted by Crippen LogP contribution is 2.53. The van der Waals surface area contributed by atoms with E-state index in [0.29, 0.717) is 12.8 Å². The van der Waals surface area contributed by atoms with Crippen LogP contribution in [0.3, 0.4) is 0 Å². The summed E-state index contributed by atoms with van der Waals surface area (Å²) in [6.07, 6.45) is -6.21. The molecule has 0 N–H and O–H groups in total. The number of esters is 5. The van der Waals surface area contributed by atoms with Crippen LogP contribution in [0.2, 0.25) is 0 Å². The quantitative estimate of drug-likeness (QED) is 0.192. The van der Waals surface area contributed by atoms with Crippen molar-refractivity contribution in [3.8, 4) is 11.5 Å². The molecule has 288 valence electrons. The van der Waals surface area contributed by atoms with E-state index in [0.717, 1.165) is 33.3 Å². The maximum Gasteiger partial charge on any atom is 0.303 e. The average Bonchev–Trinajstić information content (AvgIpc) is 3.06. The molecule has 16 nitrogen and oxygen atoms in total. The van der Waals surface area contributed by atoms with Gasteiger partial charge < -0.3 is 42.6 Å². The van der Waals surface area contributed by atoms with Crippen LogP contribution >= 0.6 is 0 Å². The number of methoxy groups -OCH3 is 2. The number of hydrogen-bond acceptors (Lipinski definition) is 16. The van der Waals surface area contributed by atoms with Crippen LogP contribution in [-0.2, 0) is 57.1 Å². The maximum atomic E-state index is 15.0. The highest BCUT2D eigenvalue weighted by atomic mass is 16.7. The minimum atomic E-state index is -1.69. The molecule has 5 rings (SSSR count). The van der Waals surface area contributed by atoms with Gasteiger partial charge in [0.05, 0.1) is 30.3 Å². The van der Waals surface area contributed by atoms with Crippen molar-refractivity contribution in [2.24, 2.45) is 23.7 Å². The lowest BCUT2D eigenvalue weighted by molar-refractivity contribution is -0.288. The van der Waals surface area contributed by atoms with Gasteiger partial charge in [0.2, 0.25) is 12.4 Å². The standard InChI is InChI=1S/C37H44O16/c1-15-11-21-13-24(46-8)30-31(27(21)25(12-15)48-17(3)39)33(44)29-23(10-9-22(45-7)28(29)32(30)43)52-37-36(51-20(6)42)35(50-19(5)41)34(49-18(4)40)26(53-37)14-47-16(2)38/h9-10,13,15,24-27,30-31,34-37H,11-12,14H2,1-8H3/t15-,24-,25-,26+,27-,30-,31+,34+,35-,36+,37+/m0/s1. The molecule has 1 aromatic rings. The smallest absolute Gasteiger partial charge is 0.303 e. The van der Waals surface area contributed by atoms with Crippen molar-refractivity contribution < 1.29 is 76.2 Å². The summed E-state index contributed by atoms with van der Waals surface area (Å²) in [6, 6.07) is 2.79. The van der Waals surface area contributed by atoms with Crippen molar-refractivity contribution in [1.29, 1.82) is 0 Å². The maximum absolute atomic E-state index is 15.0. The first-order chi connectivity index (χ1) is 25.1. The molecule has 3 aliphatic carbocycles. The number of rotatable bonds is 10. The molecule has 1 saturated heterocycles. The summed E-state index contributed by atoms with van der Waals surface area (Å²) >= 11 is 0. The third kappa shape index (κ3) is 8.08. The summed E-state index contributed by atoms with van der Waals surface area (Å²) in [7, 11) is 2.79. The van der Waals surface area contributed by atoms with Crippen LogP contribution < -0.4 is 9.47 Å². The molecule has 1 aliphatic heterocycles. The van der Waals surface area contributed by atoms with E-state index >= 15 is 4.79 Å². The van der Waals surface area contributed by atoms with Crippen LogP contribution in [0.25, 0.3) is 0 Å². The second-order valence-electron chi connectivity index (χ2n) is 13.6. The Labute approximate surface area is 305 Å².